The number of halogens is 1. The molecule has 0 aliphatic heterocycles. The molecule has 2 rings (SSSR count). The molecule has 0 aliphatic carbocycles. The Balaban J connectivity index is 2.29. The summed E-state index contributed by atoms with van der Waals surface area (Å²) in [4.78, 5) is 1.14. The summed E-state index contributed by atoms with van der Waals surface area (Å²) in [7, 11) is 0. The Bertz CT molecular complexity index is 426. The molecule has 2 aromatic rings. The summed E-state index contributed by atoms with van der Waals surface area (Å²) in [5, 5.41) is 8.61. The molecule has 0 atom stereocenters. The van der Waals surface area contributed by atoms with Gasteiger partial charge in [0.05, 0.1) is 0 Å². The molecule has 0 saturated carbocycles. The van der Waals surface area contributed by atoms with Crippen LogP contribution >= 0.6 is 23.4 Å². The Kier molecular flexibility index (Phi) is 2.79. The minimum absolute atomic E-state index is 0.797. The van der Waals surface area contributed by atoms with E-state index in [1.54, 1.807) is 11.8 Å². The summed E-state index contributed by atoms with van der Waals surface area (Å²) in [6, 6.07) is 7.82. The standard InChI is InChI=1S/C10H9ClN2S/c1-7-8(11)3-2-4-9(7)14-10-5-6-12-13-10/h2-6H,1H3,(H,12,13). The fraction of sp³-hybridized carbons (Fsp3) is 0.100. The molecule has 0 aliphatic rings. The quantitative estimate of drug-likeness (QED) is 0.846. The molecule has 14 heavy (non-hydrogen) atoms. The number of benzene rings is 1. The summed E-state index contributed by atoms with van der Waals surface area (Å²) in [5.74, 6) is 0. The zero-order valence-electron chi connectivity index (χ0n) is 7.62. The summed E-state index contributed by atoms with van der Waals surface area (Å²) < 4.78 is 0. The number of nitrogens with one attached hydrogen (secondary N) is 1. The second-order valence-corrected chi connectivity index (χ2v) is 4.35. The van der Waals surface area contributed by atoms with E-state index in [4.69, 9.17) is 11.6 Å². The van der Waals surface area contributed by atoms with Crippen LogP contribution in [-0.4, -0.2) is 10.2 Å². The predicted molar refractivity (Wildman–Crippen MR) is 58.9 cm³/mol. The first kappa shape index (κ1) is 9.62. The van der Waals surface area contributed by atoms with Crippen molar-refractivity contribution in [3.63, 3.8) is 0 Å². The molecule has 0 bridgehead atoms. The van der Waals surface area contributed by atoms with Crippen molar-refractivity contribution in [3.05, 3.63) is 41.0 Å². The maximum atomic E-state index is 6.01. The molecule has 1 aromatic carbocycles. The lowest BCUT2D eigenvalue weighted by molar-refractivity contribution is 1.00. The van der Waals surface area contributed by atoms with Crippen LogP contribution in [0.2, 0.25) is 5.02 Å². The van der Waals surface area contributed by atoms with E-state index in [2.05, 4.69) is 10.2 Å². The van der Waals surface area contributed by atoms with Crippen LogP contribution in [-0.2, 0) is 0 Å². The van der Waals surface area contributed by atoms with Crippen LogP contribution in [0.4, 0.5) is 0 Å². The van der Waals surface area contributed by atoms with Crippen LogP contribution in [0.15, 0.2) is 40.4 Å². The lowest BCUT2D eigenvalue weighted by Crippen LogP contribution is -1.81. The summed E-state index contributed by atoms with van der Waals surface area (Å²) in [6.07, 6.45) is 1.81. The van der Waals surface area contributed by atoms with E-state index in [-0.39, 0.29) is 0 Å². The molecule has 0 fully saturated rings. The van der Waals surface area contributed by atoms with Crippen molar-refractivity contribution in [3.8, 4) is 0 Å². The number of aromatic nitrogens is 2. The number of hydrogen-bond donors (Lipinski definition) is 1. The van der Waals surface area contributed by atoms with E-state index < -0.39 is 0 Å². The van der Waals surface area contributed by atoms with E-state index >= 15 is 0 Å². The maximum Gasteiger partial charge on any atom is 0.123 e. The average Bonchev–Trinajstić information content (AvgIpc) is 2.66. The van der Waals surface area contributed by atoms with Gasteiger partial charge in [-0.3, -0.25) is 5.10 Å². The highest BCUT2D eigenvalue weighted by Gasteiger charge is 2.04. The lowest BCUT2D eigenvalue weighted by Gasteiger charge is -2.04. The third kappa shape index (κ3) is 1.94. The predicted octanol–water partition coefficient (Wildman–Crippen LogP) is 3.52. The van der Waals surface area contributed by atoms with Gasteiger partial charge in [-0.05, 0) is 30.7 Å². The third-order valence-electron chi connectivity index (χ3n) is 1.91. The highest BCUT2D eigenvalue weighted by molar-refractivity contribution is 7.99. The van der Waals surface area contributed by atoms with Crippen molar-refractivity contribution in [1.29, 1.82) is 0 Å². The average molecular weight is 225 g/mol. The molecule has 0 saturated heterocycles. The number of H-pyrrole nitrogens is 1. The largest absolute Gasteiger partial charge is 0.285 e. The van der Waals surface area contributed by atoms with Crippen LogP contribution in [0.25, 0.3) is 0 Å². The second-order valence-electron chi connectivity index (χ2n) is 2.88. The second kappa shape index (κ2) is 4.07. The Morgan fingerprint density at radius 3 is 2.93 bits per heavy atom. The van der Waals surface area contributed by atoms with Crippen LogP contribution in [0, 0.1) is 6.92 Å². The third-order valence-corrected chi connectivity index (χ3v) is 3.42. The van der Waals surface area contributed by atoms with Crippen molar-refractivity contribution in [2.75, 3.05) is 0 Å². The van der Waals surface area contributed by atoms with Gasteiger partial charge in [-0.15, -0.1) is 0 Å². The molecular formula is C10H9ClN2S. The molecule has 0 unspecified atom stereocenters. The SMILES string of the molecule is Cc1c(Cl)cccc1Sc1cc[nH]n1. The first-order valence-corrected chi connectivity index (χ1v) is 5.39. The Labute approximate surface area is 91.7 Å². The van der Waals surface area contributed by atoms with Gasteiger partial charge in [0.1, 0.15) is 5.03 Å². The van der Waals surface area contributed by atoms with Crippen molar-refractivity contribution in [2.24, 2.45) is 0 Å². The first-order valence-electron chi connectivity index (χ1n) is 4.20. The molecule has 0 amide bonds. The van der Waals surface area contributed by atoms with Gasteiger partial charge in [-0.25, -0.2) is 0 Å². The van der Waals surface area contributed by atoms with Crippen LogP contribution in [0.1, 0.15) is 5.56 Å². The molecule has 72 valence electrons. The van der Waals surface area contributed by atoms with Crippen molar-refractivity contribution >= 4 is 23.4 Å². The fourth-order valence-electron chi connectivity index (χ4n) is 1.11. The molecule has 4 heteroatoms. The van der Waals surface area contributed by atoms with Gasteiger partial charge in [0.15, 0.2) is 0 Å². The van der Waals surface area contributed by atoms with Gasteiger partial charge in [0.25, 0.3) is 0 Å². The van der Waals surface area contributed by atoms with Crippen molar-refractivity contribution in [2.45, 2.75) is 16.8 Å². The molecule has 0 spiro atoms. The molecular weight excluding hydrogens is 216 g/mol. The van der Waals surface area contributed by atoms with Crippen molar-refractivity contribution in [1.82, 2.24) is 10.2 Å². The fourth-order valence-corrected chi connectivity index (χ4v) is 2.21. The van der Waals surface area contributed by atoms with Crippen LogP contribution in [0.5, 0.6) is 0 Å². The monoisotopic (exact) mass is 224 g/mol. The highest BCUT2D eigenvalue weighted by Crippen LogP contribution is 2.31. The van der Waals surface area contributed by atoms with E-state index in [0.717, 1.165) is 20.5 Å². The van der Waals surface area contributed by atoms with Gasteiger partial charge >= 0.3 is 0 Å². The minimum atomic E-state index is 0.797. The molecule has 2 nitrogen and oxygen atoms in total. The van der Waals surface area contributed by atoms with Gasteiger partial charge in [-0.1, -0.05) is 29.4 Å². The van der Waals surface area contributed by atoms with Gasteiger partial charge in [0.2, 0.25) is 0 Å². The van der Waals surface area contributed by atoms with E-state index in [1.807, 2.05) is 37.4 Å². The Morgan fingerprint density at radius 1 is 1.36 bits per heavy atom. The van der Waals surface area contributed by atoms with E-state index in [9.17, 15) is 0 Å². The molecule has 1 N–H and O–H groups in total. The summed E-state index contributed by atoms with van der Waals surface area (Å²) in [5.41, 5.74) is 1.10. The maximum absolute atomic E-state index is 6.01. The highest BCUT2D eigenvalue weighted by atomic mass is 35.5. The normalized spacial score (nSPS) is 10.4. The van der Waals surface area contributed by atoms with Gasteiger partial charge < -0.3 is 0 Å². The molecule has 0 radical (unpaired) electrons. The minimum Gasteiger partial charge on any atom is -0.285 e. The summed E-state index contributed by atoms with van der Waals surface area (Å²) >= 11 is 7.62. The number of rotatable bonds is 2. The number of aromatic amines is 1. The first-order chi connectivity index (χ1) is 6.77. The van der Waals surface area contributed by atoms with E-state index in [0.29, 0.717) is 0 Å². The topological polar surface area (TPSA) is 28.7 Å². The molecule has 1 aromatic heterocycles. The summed E-state index contributed by atoms with van der Waals surface area (Å²) in [6.45, 7) is 2.01. The number of hydrogen-bond acceptors (Lipinski definition) is 2. The van der Waals surface area contributed by atoms with Crippen molar-refractivity contribution < 1.29 is 0 Å². The zero-order valence-corrected chi connectivity index (χ0v) is 9.19. The zero-order chi connectivity index (χ0) is 9.97. The van der Waals surface area contributed by atoms with Crippen LogP contribution in [0.3, 0.4) is 0 Å². The Morgan fingerprint density at radius 2 is 2.21 bits per heavy atom. The number of nitrogens with zero attached hydrogens (tertiary/aromatic N) is 1. The lowest BCUT2D eigenvalue weighted by atomic mass is 10.2. The van der Waals surface area contributed by atoms with Crippen LogP contribution < -0.4 is 0 Å². The van der Waals surface area contributed by atoms with E-state index in [1.165, 1.54) is 0 Å². The van der Waals surface area contributed by atoms with Gasteiger partial charge in [0, 0.05) is 16.1 Å². The molecule has 1 heterocycles. The smallest absolute Gasteiger partial charge is 0.123 e. The van der Waals surface area contributed by atoms with Gasteiger partial charge in [-0.2, -0.15) is 5.10 Å². The Hall–Kier alpha value is -0.930.